The van der Waals surface area contributed by atoms with Crippen LogP contribution >= 0.6 is 15.9 Å². The molecular formula is C3BrKN6O6. The van der Waals surface area contributed by atoms with Gasteiger partial charge < -0.3 is 30.6 Å². The summed E-state index contributed by atoms with van der Waals surface area (Å²) in [5, 5.41) is 44.2. The van der Waals surface area contributed by atoms with Crippen molar-refractivity contribution in [2.75, 3.05) is 0 Å². The summed E-state index contributed by atoms with van der Waals surface area (Å²) in [6, 6.07) is 0. The quantitative estimate of drug-likeness (QED) is 0.127. The number of halogens is 1. The molecule has 1 heterocycles. The molecule has 0 aliphatic carbocycles. The van der Waals surface area contributed by atoms with E-state index in [9.17, 15) is 30.6 Å². The SMILES string of the molecule is O=[N+]([O-])C(n1nc([N+](=O)[O-])nc1Br)=[N+]([O-])[O-].[K+]. The standard InChI is InChI=1S/C3BrN6O6.K/c4-1-5-2(8(11)12)6-7(1)3(9(13)14)10(15)16;/q-1;+1. The molecule has 0 bridgehead atoms. The molecule has 0 atom stereocenters. The van der Waals surface area contributed by atoms with Gasteiger partial charge in [0.2, 0.25) is 0 Å². The van der Waals surface area contributed by atoms with Crippen LogP contribution in [0.1, 0.15) is 0 Å². The Balaban J connectivity index is 0.00000256. The second-order valence-corrected chi connectivity index (χ2v) is 2.87. The molecular weight excluding hydrogens is 335 g/mol. The average molecular weight is 335 g/mol. The molecule has 86 valence electrons. The second kappa shape index (κ2) is 6.31. The summed E-state index contributed by atoms with van der Waals surface area (Å²) in [4.78, 5) is 20.0. The van der Waals surface area contributed by atoms with E-state index in [0.717, 1.165) is 0 Å². The van der Waals surface area contributed by atoms with E-state index in [0.29, 0.717) is 0 Å². The van der Waals surface area contributed by atoms with Crippen LogP contribution in [-0.4, -0.2) is 35.5 Å². The van der Waals surface area contributed by atoms with Crippen LogP contribution in [0, 0.1) is 30.6 Å². The van der Waals surface area contributed by atoms with Gasteiger partial charge in [0.25, 0.3) is 0 Å². The minimum atomic E-state index is -1.56. The van der Waals surface area contributed by atoms with Crippen LogP contribution in [0.15, 0.2) is 4.73 Å². The summed E-state index contributed by atoms with van der Waals surface area (Å²) in [6.45, 7) is 0. The third kappa shape index (κ3) is 3.65. The molecule has 14 heteroatoms. The molecule has 17 heavy (non-hydrogen) atoms. The van der Waals surface area contributed by atoms with Gasteiger partial charge in [-0.1, -0.05) is 0 Å². The average Bonchev–Trinajstić information content (AvgIpc) is 2.47. The van der Waals surface area contributed by atoms with E-state index in [1.165, 1.54) is 0 Å². The van der Waals surface area contributed by atoms with Gasteiger partial charge in [-0.05, 0) is 4.92 Å². The second-order valence-electron chi connectivity index (χ2n) is 2.16. The zero-order valence-electron chi connectivity index (χ0n) is 8.01. The third-order valence-corrected chi connectivity index (χ3v) is 1.75. The summed E-state index contributed by atoms with van der Waals surface area (Å²) in [7, 11) is 0. The summed E-state index contributed by atoms with van der Waals surface area (Å²) in [5.74, 6) is -2.56. The molecule has 0 amide bonds. The molecule has 0 unspecified atom stereocenters. The third-order valence-electron chi connectivity index (χ3n) is 1.24. The van der Waals surface area contributed by atoms with Crippen LogP contribution in [0.5, 0.6) is 0 Å². The van der Waals surface area contributed by atoms with Crippen molar-refractivity contribution in [3.63, 3.8) is 0 Å². The van der Waals surface area contributed by atoms with E-state index in [1.54, 1.807) is 0 Å². The van der Waals surface area contributed by atoms with Gasteiger partial charge >= 0.3 is 68.0 Å². The van der Waals surface area contributed by atoms with Crippen LogP contribution in [0.4, 0.5) is 5.95 Å². The van der Waals surface area contributed by atoms with E-state index < -0.39 is 31.4 Å². The molecule has 0 saturated carbocycles. The van der Waals surface area contributed by atoms with Gasteiger partial charge in [-0.2, -0.15) is 4.90 Å². The van der Waals surface area contributed by atoms with Crippen molar-refractivity contribution in [1.82, 2.24) is 14.8 Å². The number of aromatic nitrogens is 3. The van der Waals surface area contributed by atoms with Gasteiger partial charge in [0.1, 0.15) is 4.68 Å². The minimum Gasteiger partial charge on any atom is -0.674 e. The van der Waals surface area contributed by atoms with Crippen LogP contribution in [-0.2, 0) is 0 Å². The van der Waals surface area contributed by atoms with Crippen molar-refractivity contribution < 1.29 is 66.1 Å². The maximum atomic E-state index is 10.3. The zero-order chi connectivity index (χ0) is 12.5. The predicted octanol–water partition coefficient (Wildman–Crippen LogP) is -3.56. The molecule has 1 aromatic heterocycles. The van der Waals surface area contributed by atoms with Gasteiger partial charge in [0, 0.05) is 4.98 Å². The molecule has 0 fully saturated rings. The van der Waals surface area contributed by atoms with E-state index in [-0.39, 0.29) is 56.1 Å². The molecule has 0 saturated heterocycles. The Hall–Kier alpha value is -0.674. The predicted molar refractivity (Wildman–Crippen MR) is 48.8 cm³/mol. The summed E-state index contributed by atoms with van der Waals surface area (Å²) < 4.78 is -0.402. The topological polar surface area (TPSA) is 166 Å². The molecule has 12 nitrogen and oxygen atoms in total. The first-order valence-electron chi connectivity index (χ1n) is 3.27. The zero-order valence-corrected chi connectivity index (χ0v) is 12.7. The van der Waals surface area contributed by atoms with Gasteiger partial charge in [-0.25, -0.2) is 0 Å². The Morgan fingerprint density at radius 3 is 2.06 bits per heavy atom. The first-order valence-corrected chi connectivity index (χ1v) is 4.07. The summed E-state index contributed by atoms with van der Waals surface area (Å²) in [5.41, 5.74) is 0. The molecule has 0 spiro atoms. The number of hydrogen-bond acceptors (Lipinski definition) is 8. The van der Waals surface area contributed by atoms with Crippen molar-refractivity contribution in [3.05, 3.63) is 35.4 Å². The Morgan fingerprint density at radius 2 is 1.76 bits per heavy atom. The van der Waals surface area contributed by atoms with Gasteiger partial charge in [0.15, 0.2) is 5.10 Å². The maximum absolute atomic E-state index is 10.3. The van der Waals surface area contributed by atoms with E-state index in [2.05, 4.69) is 26.0 Å². The number of hydrogen-bond donors (Lipinski definition) is 0. The number of nitro groups is 2. The summed E-state index contributed by atoms with van der Waals surface area (Å²) >= 11 is 2.58. The first-order chi connectivity index (χ1) is 7.34. The smallest absolute Gasteiger partial charge is 0.674 e. The maximum Gasteiger partial charge on any atom is 1.00 e. The molecule has 0 aliphatic rings. The van der Waals surface area contributed by atoms with Gasteiger partial charge in [-0.15, -0.1) is 0 Å². The first kappa shape index (κ1) is 16.3. The van der Waals surface area contributed by atoms with Crippen molar-refractivity contribution >= 4 is 27.8 Å². The van der Waals surface area contributed by atoms with E-state index in [4.69, 9.17) is 0 Å². The fourth-order valence-electron chi connectivity index (χ4n) is 0.709. The molecule has 1 rings (SSSR count). The van der Waals surface area contributed by atoms with Crippen molar-refractivity contribution in [2.45, 2.75) is 0 Å². The van der Waals surface area contributed by atoms with Crippen LogP contribution in [0.2, 0.25) is 0 Å². The van der Waals surface area contributed by atoms with Crippen LogP contribution < -0.4 is 51.4 Å². The van der Waals surface area contributed by atoms with Crippen LogP contribution in [0.3, 0.4) is 0 Å². The Labute approximate surface area is 142 Å². The summed E-state index contributed by atoms with van der Waals surface area (Å²) in [6.07, 6.45) is 0. The normalized spacial score (nSPS) is 9.24. The Bertz CT molecular complexity index is 494. The van der Waals surface area contributed by atoms with E-state index >= 15 is 0 Å². The van der Waals surface area contributed by atoms with Gasteiger partial charge in [0.05, 0.1) is 20.9 Å². The van der Waals surface area contributed by atoms with Crippen LogP contribution in [0.25, 0.3) is 0 Å². The molecule has 0 aromatic carbocycles. The van der Waals surface area contributed by atoms with E-state index in [1.807, 2.05) is 0 Å². The molecule has 0 radical (unpaired) electrons. The fraction of sp³-hybridized carbons (Fsp3) is 0. The minimum absolute atomic E-state index is 0. The molecule has 0 aliphatic heterocycles. The Kier molecular flexibility index (Phi) is 6.06. The molecule has 0 N–H and O–H groups in total. The van der Waals surface area contributed by atoms with Crippen molar-refractivity contribution in [2.24, 2.45) is 0 Å². The monoisotopic (exact) mass is 334 g/mol. The van der Waals surface area contributed by atoms with Crippen molar-refractivity contribution in [3.8, 4) is 0 Å². The Morgan fingerprint density at radius 1 is 1.24 bits per heavy atom. The van der Waals surface area contributed by atoms with Gasteiger partial charge in [-0.3, -0.25) is 0 Å². The largest absolute Gasteiger partial charge is 1.00 e. The number of rotatable bonds is 1. The fourth-order valence-corrected chi connectivity index (χ4v) is 1.11. The molecule has 1 aromatic rings. The number of nitrogens with zero attached hydrogens (tertiary/aromatic N) is 6. The van der Waals surface area contributed by atoms with Crippen molar-refractivity contribution in [1.29, 1.82) is 0 Å².